The highest BCUT2D eigenvalue weighted by Crippen LogP contribution is 2.19. The molecule has 0 saturated heterocycles. The first-order chi connectivity index (χ1) is 5.76. The lowest BCUT2D eigenvalue weighted by atomic mass is 9.99. The molecule has 0 aromatic rings. The van der Waals surface area contributed by atoms with Crippen molar-refractivity contribution in [3.8, 4) is 0 Å². The Morgan fingerprint density at radius 1 is 1.58 bits per heavy atom. The molecular formula is C10H21NO. The van der Waals surface area contributed by atoms with Crippen LogP contribution < -0.4 is 5.32 Å². The first kappa shape index (κ1) is 11.5. The second-order valence-electron chi connectivity index (χ2n) is 3.02. The van der Waals surface area contributed by atoms with Gasteiger partial charge in [-0.2, -0.15) is 0 Å². The summed E-state index contributed by atoms with van der Waals surface area (Å²) in [4.78, 5) is 0. The van der Waals surface area contributed by atoms with Gasteiger partial charge in [0.1, 0.15) is 0 Å². The van der Waals surface area contributed by atoms with Gasteiger partial charge >= 0.3 is 0 Å². The molecule has 2 nitrogen and oxygen atoms in total. The van der Waals surface area contributed by atoms with Crippen molar-refractivity contribution in [1.82, 2.24) is 5.32 Å². The minimum atomic E-state index is 0.531. The highest BCUT2D eigenvalue weighted by Gasteiger charge is 2.09. The Labute approximate surface area is 76.0 Å². The van der Waals surface area contributed by atoms with E-state index in [0.29, 0.717) is 5.92 Å². The van der Waals surface area contributed by atoms with Crippen LogP contribution in [0.25, 0.3) is 0 Å². The van der Waals surface area contributed by atoms with Crippen molar-refractivity contribution in [2.24, 2.45) is 5.92 Å². The topological polar surface area (TPSA) is 21.3 Å². The molecule has 72 valence electrons. The van der Waals surface area contributed by atoms with Gasteiger partial charge in [0.05, 0.1) is 12.9 Å². The Morgan fingerprint density at radius 3 is 2.67 bits per heavy atom. The third-order valence-corrected chi connectivity index (χ3v) is 2.19. The normalized spacial score (nSPS) is 12.6. The van der Waals surface area contributed by atoms with Gasteiger partial charge in [0.15, 0.2) is 0 Å². The predicted octanol–water partition coefficient (Wildman–Crippen LogP) is 2.17. The maximum absolute atomic E-state index is 5.12. The van der Waals surface area contributed by atoms with E-state index < -0.39 is 0 Å². The lowest BCUT2D eigenvalue weighted by Crippen LogP contribution is -2.11. The van der Waals surface area contributed by atoms with Crippen LogP contribution >= 0.6 is 0 Å². The summed E-state index contributed by atoms with van der Waals surface area (Å²) in [5, 5.41) is 3.13. The standard InChI is InChI=1S/C10H21NO/c1-5-10(9(2)12-4)7-6-8-11-3/h10-11H,2,5-8H2,1,3-4H3. The van der Waals surface area contributed by atoms with Gasteiger partial charge in [0.2, 0.25) is 0 Å². The molecule has 0 aliphatic heterocycles. The maximum Gasteiger partial charge on any atom is 0.0914 e. The second-order valence-corrected chi connectivity index (χ2v) is 3.02. The van der Waals surface area contributed by atoms with Crippen LogP contribution in [0.5, 0.6) is 0 Å². The molecule has 0 heterocycles. The number of hydrogen-bond acceptors (Lipinski definition) is 2. The van der Waals surface area contributed by atoms with E-state index in [2.05, 4.69) is 18.8 Å². The number of methoxy groups -OCH3 is 1. The largest absolute Gasteiger partial charge is 0.501 e. The van der Waals surface area contributed by atoms with Gasteiger partial charge in [-0.25, -0.2) is 0 Å². The van der Waals surface area contributed by atoms with Gasteiger partial charge in [-0.1, -0.05) is 13.5 Å². The summed E-state index contributed by atoms with van der Waals surface area (Å²) in [5.41, 5.74) is 0. The monoisotopic (exact) mass is 171 g/mol. The highest BCUT2D eigenvalue weighted by molar-refractivity contribution is 4.89. The van der Waals surface area contributed by atoms with Crippen molar-refractivity contribution in [2.75, 3.05) is 20.7 Å². The van der Waals surface area contributed by atoms with Gasteiger partial charge < -0.3 is 10.1 Å². The Balaban J connectivity index is 3.60. The van der Waals surface area contributed by atoms with Gasteiger partial charge in [-0.05, 0) is 32.9 Å². The van der Waals surface area contributed by atoms with Crippen LogP contribution in [0.3, 0.4) is 0 Å². The number of hydrogen-bond donors (Lipinski definition) is 1. The molecule has 1 atom stereocenters. The van der Waals surface area contributed by atoms with Crippen LogP contribution in [0, 0.1) is 5.92 Å². The molecular weight excluding hydrogens is 150 g/mol. The first-order valence-electron chi connectivity index (χ1n) is 4.63. The van der Waals surface area contributed by atoms with E-state index >= 15 is 0 Å². The third kappa shape index (κ3) is 4.39. The number of ether oxygens (including phenoxy) is 1. The summed E-state index contributed by atoms with van der Waals surface area (Å²) in [6, 6.07) is 0. The first-order valence-corrected chi connectivity index (χ1v) is 4.63. The minimum Gasteiger partial charge on any atom is -0.501 e. The van der Waals surface area contributed by atoms with Crippen LogP contribution in [0.1, 0.15) is 26.2 Å². The molecule has 2 heteroatoms. The van der Waals surface area contributed by atoms with Gasteiger partial charge in [-0.15, -0.1) is 0 Å². The van der Waals surface area contributed by atoms with E-state index in [9.17, 15) is 0 Å². The van der Waals surface area contributed by atoms with E-state index in [-0.39, 0.29) is 0 Å². The molecule has 0 aromatic carbocycles. The van der Waals surface area contributed by atoms with Crippen LogP contribution in [-0.2, 0) is 4.74 Å². The molecule has 0 aromatic heterocycles. The lowest BCUT2D eigenvalue weighted by molar-refractivity contribution is 0.232. The fourth-order valence-electron chi connectivity index (χ4n) is 1.28. The van der Waals surface area contributed by atoms with Crippen LogP contribution in [0.2, 0.25) is 0 Å². The van der Waals surface area contributed by atoms with Gasteiger partial charge in [0, 0.05) is 5.92 Å². The Morgan fingerprint density at radius 2 is 2.25 bits per heavy atom. The smallest absolute Gasteiger partial charge is 0.0914 e. The van der Waals surface area contributed by atoms with Crippen molar-refractivity contribution in [2.45, 2.75) is 26.2 Å². The summed E-state index contributed by atoms with van der Waals surface area (Å²) in [6.07, 6.45) is 3.48. The highest BCUT2D eigenvalue weighted by atomic mass is 16.5. The zero-order valence-electron chi connectivity index (χ0n) is 8.52. The van der Waals surface area contributed by atoms with Crippen LogP contribution in [0.15, 0.2) is 12.3 Å². The quantitative estimate of drug-likeness (QED) is 0.468. The summed E-state index contributed by atoms with van der Waals surface area (Å²) >= 11 is 0. The van der Waals surface area contributed by atoms with Crippen LogP contribution in [-0.4, -0.2) is 20.7 Å². The molecule has 0 amide bonds. The fraction of sp³-hybridized carbons (Fsp3) is 0.800. The lowest BCUT2D eigenvalue weighted by Gasteiger charge is -2.15. The molecule has 0 spiro atoms. The van der Waals surface area contributed by atoms with Crippen molar-refractivity contribution in [1.29, 1.82) is 0 Å². The molecule has 1 unspecified atom stereocenters. The third-order valence-electron chi connectivity index (χ3n) is 2.19. The fourth-order valence-corrected chi connectivity index (χ4v) is 1.28. The van der Waals surface area contributed by atoms with Crippen molar-refractivity contribution >= 4 is 0 Å². The summed E-state index contributed by atoms with van der Waals surface area (Å²) in [7, 11) is 3.68. The number of rotatable bonds is 7. The second kappa shape index (κ2) is 7.17. The number of nitrogens with one attached hydrogen (secondary N) is 1. The molecule has 0 fully saturated rings. The Kier molecular flexibility index (Phi) is 6.87. The summed E-state index contributed by atoms with van der Waals surface area (Å²) in [5.74, 6) is 1.46. The van der Waals surface area contributed by atoms with E-state index in [1.54, 1.807) is 7.11 Å². The molecule has 12 heavy (non-hydrogen) atoms. The van der Waals surface area contributed by atoms with Crippen molar-refractivity contribution in [3.63, 3.8) is 0 Å². The maximum atomic E-state index is 5.12. The average molecular weight is 171 g/mol. The zero-order chi connectivity index (χ0) is 9.40. The van der Waals surface area contributed by atoms with Gasteiger partial charge in [-0.3, -0.25) is 0 Å². The molecule has 0 saturated carbocycles. The summed E-state index contributed by atoms with van der Waals surface area (Å²) < 4.78 is 5.12. The van der Waals surface area contributed by atoms with E-state index in [1.165, 1.54) is 12.8 Å². The van der Waals surface area contributed by atoms with Crippen LogP contribution in [0.4, 0.5) is 0 Å². The Hall–Kier alpha value is -0.500. The van der Waals surface area contributed by atoms with Crippen molar-refractivity contribution < 1.29 is 4.74 Å². The molecule has 1 N–H and O–H groups in total. The predicted molar refractivity (Wildman–Crippen MR) is 53.1 cm³/mol. The summed E-state index contributed by atoms with van der Waals surface area (Å²) in [6.45, 7) is 7.13. The number of allylic oxidation sites excluding steroid dienone is 1. The average Bonchev–Trinajstić information content (AvgIpc) is 2.11. The van der Waals surface area contributed by atoms with E-state index in [1.807, 2.05) is 7.05 Å². The Bertz CT molecular complexity index is 123. The molecule has 0 aliphatic carbocycles. The zero-order valence-corrected chi connectivity index (χ0v) is 8.52. The van der Waals surface area contributed by atoms with E-state index in [4.69, 9.17) is 4.74 Å². The van der Waals surface area contributed by atoms with E-state index in [0.717, 1.165) is 18.7 Å². The minimum absolute atomic E-state index is 0.531. The molecule has 0 rings (SSSR count). The SMILES string of the molecule is C=C(OC)C(CC)CCCNC. The molecule has 0 bridgehead atoms. The molecule has 0 aliphatic rings. The van der Waals surface area contributed by atoms with Crippen molar-refractivity contribution in [3.05, 3.63) is 12.3 Å². The molecule has 0 radical (unpaired) electrons. The van der Waals surface area contributed by atoms with Gasteiger partial charge in [0.25, 0.3) is 0 Å².